The molecule has 1 aromatic carbocycles. The van der Waals surface area contributed by atoms with Crippen molar-refractivity contribution in [2.45, 2.75) is 26.5 Å². The van der Waals surface area contributed by atoms with Gasteiger partial charge in [0.2, 0.25) is 0 Å². The summed E-state index contributed by atoms with van der Waals surface area (Å²) in [5.74, 6) is 0.833. The zero-order chi connectivity index (χ0) is 15.2. The third-order valence-corrected chi connectivity index (χ3v) is 3.06. The van der Waals surface area contributed by atoms with E-state index in [0.717, 1.165) is 12.1 Å². The van der Waals surface area contributed by atoms with Crippen LogP contribution in [-0.2, 0) is 11.3 Å². The number of hydrogen-bond acceptors (Lipinski definition) is 4. The average molecular weight is 296 g/mol. The third-order valence-electron chi connectivity index (χ3n) is 3.06. The number of amides is 1. The second-order valence-electron chi connectivity index (χ2n) is 5.50. The lowest BCUT2D eigenvalue weighted by Gasteiger charge is -2.15. The Hall–Kier alpha value is -1.82. The maximum absolute atomic E-state index is 13.4. The lowest BCUT2D eigenvalue weighted by molar-refractivity contribution is 0.104. The van der Waals surface area contributed by atoms with E-state index in [2.05, 4.69) is 24.5 Å². The van der Waals surface area contributed by atoms with Gasteiger partial charge in [0, 0.05) is 12.1 Å². The van der Waals surface area contributed by atoms with Crippen LogP contribution in [0.1, 0.15) is 19.4 Å². The van der Waals surface area contributed by atoms with Gasteiger partial charge in [0.25, 0.3) is 0 Å². The smallest absolute Gasteiger partial charge is 0.407 e. The number of ether oxygens (including phenoxy) is 2. The largest absolute Gasteiger partial charge is 0.489 e. The summed E-state index contributed by atoms with van der Waals surface area (Å²) in [6.07, 6.45) is -0.736. The minimum Gasteiger partial charge on any atom is -0.489 e. The van der Waals surface area contributed by atoms with Crippen LogP contribution in [0.15, 0.2) is 18.2 Å². The molecule has 0 radical (unpaired) electrons. The fourth-order valence-corrected chi connectivity index (χ4v) is 2.03. The van der Waals surface area contributed by atoms with Crippen LogP contribution in [0.2, 0.25) is 0 Å². The molecule has 21 heavy (non-hydrogen) atoms. The Labute approximate surface area is 123 Å². The summed E-state index contributed by atoms with van der Waals surface area (Å²) in [6.45, 7) is 6.28. The molecule has 1 atom stereocenters. The fraction of sp³-hybridized carbons (Fsp3) is 0.533. The molecule has 1 aliphatic heterocycles. The number of nitrogens with one attached hydrogen (secondary N) is 2. The highest BCUT2D eigenvalue weighted by Gasteiger charge is 2.23. The Morgan fingerprint density at radius 3 is 3.00 bits per heavy atom. The minimum atomic E-state index is -0.429. The first kappa shape index (κ1) is 15.6. The van der Waals surface area contributed by atoms with Crippen molar-refractivity contribution in [2.75, 3.05) is 19.7 Å². The molecule has 2 rings (SSSR count). The third kappa shape index (κ3) is 4.90. The molecule has 5 nitrogen and oxygen atoms in total. The predicted molar refractivity (Wildman–Crippen MR) is 76.7 cm³/mol. The maximum Gasteiger partial charge on any atom is 0.407 e. The zero-order valence-electron chi connectivity index (χ0n) is 12.3. The van der Waals surface area contributed by atoms with Crippen LogP contribution in [0.25, 0.3) is 0 Å². The van der Waals surface area contributed by atoms with E-state index in [1.807, 2.05) is 0 Å². The Balaban J connectivity index is 1.92. The highest BCUT2D eigenvalue weighted by atomic mass is 19.1. The zero-order valence-corrected chi connectivity index (χ0v) is 12.3. The first-order chi connectivity index (χ1) is 10.0. The van der Waals surface area contributed by atoms with E-state index in [1.54, 1.807) is 6.07 Å². The molecule has 116 valence electrons. The lowest BCUT2D eigenvalue weighted by atomic mass is 10.1. The molecule has 1 amide bonds. The van der Waals surface area contributed by atoms with E-state index in [9.17, 15) is 9.18 Å². The summed E-state index contributed by atoms with van der Waals surface area (Å²) in [4.78, 5) is 10.9. The van der Waals surface area contributed by atoms with Gasteiger partial charge in [0.05, 0.1) is 6.54 Å². The van der Waals surface area contributed by atoms with Gasteiger partial charge in [-0.15, -0.1) is 0 Å². The van der Waals surface area contributed by atoms with Gasteiger partial charge in [0.15, 0.2) is 6.10 Å². The number of cyclic esters (lactones) is 1. The van der Waals surface area contributed by atoms with Crippen LogP contribution >= 0.6 is 0 Å². The average Bonchev–Trinajstić information content (AvgIpc) is 2.83. The summed E-state index contributed by atoms with van der Waals surface area (Å²) in [7, 11) is 0. The molecule has 0 aromatic heterocycles. The molecule has 0 aliphatic carbocycles. The molecule has 1 unspecified atom stereocenters. The molecule has 1 aromatic rings. The standard InChI is InChI=1S/C15H21FN2O3/c1-10(2)6-17-7-11-5-12(16)3-4-14(11)20-9-13-8-18-15(19)21-13/h3-5,10,13,17H,6-9H2,1-2H3,(H,18,19). The van der Waals surface area contributed by atoms with Crippen molar-refractivity contribution >= 4 is 6.09 Å². The number of alkyl carbamates (subject to hydrolysis) is 1. The van der Waals surface area contributed by atoms with E-state index < -0.39 is 6.09 Å². The molecule has 1 aliphatic rings. The highest BCUT2D eigenvalue weighted by Crippen LogP contribution is 2.20. The molecule has 6 heteroatoms. The van der Waals surface area contributed by atoms with Crippen LogP contribution in [0.3, 0.4) is 0 Å². The monoisotopic (exact) mass is 296 g/mol. The normalized spacial score (nSPS) is 17.7. The molecule has 0 saturated carbocycles. The molecular weight excluding hydrogens is 275 g/mol. The highest BCUT2D eigenvalue weighted by molar-refractivity contribution is 5.69. The van der Waals surface area contributed by atoms with Gasteiger partial charge in [-0.1, -0.05) is 13.8 Å². The van der Waals surface area contributed by atoms with Crippen LogP contribution in [0.5, 0.6) is 5.75 Å². The van der Waals surface area contributed by atoms with Crippen molar-refractivity contribution in [1.29, 1.82) is 0 Å². The van der Waals surface area contributed by atoms with E-state index in [-0.39, 0.29) is 18.5 Å². The molecule has 1 heterocycles. The maximum atomic E-state index is 13.4. The summed E-state index contributed by atoms with van der Waals surface area (Å²) >= 11 is 0. The SMILES string of the molecule is CC(C)CNCc1cc(F)ccc1OCC1CNC(=O)O1. The van der Waals surface area contributed by atoms with Crippen molar-refractivity contribution < 1.29 is 18.7 Å². The number of carbonyl (C=O) groups excluding carboxylic acids is 1. The topological polar surface area (TPSA) is 59.6 Å². The number of carbonyl (C=O) groups is 1. The van der Waals surface area contributed by atoms with E-state index in [4.69, 9.17) is 9.47 Å². The number of hydrogen-bond donors (Lipinski definition) is 2. The molecular formula is C15H21FN2O3. The van der Waals surface area contributed by atoms with E-state index >= 15 is 0 Å². The lowest BCUT2D eigenvalue weighted by Crippen LogP contribution is -2.23. The second-order valence-corrected chi connectivity index (χ2v) is 5.50. The van der Waals surface area contributed by atoms with Gasteiger partial charge in [-0.2, -0.15) is 0 Å². The van der Waals surface area contributed by atoms with Crippen molar-refractivity contribution in [3.05, 3.63) is 29.6 Å². The van der Waals surface area contributed by atoms with E-state index in [1.165, 1.54) is 12.1 Å². The minimum absolute atomic E-state index is 0.252. The van der Waals surface area contributed by atoms with Crippen LogP contribution in [0.4, 0.5) is 9.18 Å². The number of benzene rings is 1. The Kier molecular flexibility index (Phi) is 5.38. The number of halogens is 1. The summed E-state index contributed by atoms with van der Waals surface area (Å²) < 4.78 is 24.0. The van der Waals surface area contributed by atoms with Crippen LogP contribution in [-0.4, -0.2) is 31.9 Å². The van der Waals surface area contributed by atoms with Crippen molar-refractivity contribution in [3.63, 3.8) is 0 Å². The second kappa shape index (κ2) is 7.26. The van der Waals surface area contributed by atoms with Gasteiger partial charge >= 0.3 is 6.09 Å². The summed E-state index contributed by atoms with van der Waals surface area (Å²) in [6, 6.07) is 4.42. The Morgan fingerprint density at radius 1 is 1.52 bits per heavy atom. The van der Waals surface area contributed by atoms with Gasteiger partial charge in [-0.25, -0.2) is 9.18 Å². The molecule has 1 fully saturated rings. The van der Waals surface area contributed by atoms with Crippen molar-refractivity contribution in [1.82, 2.24) is 10.6 Å². The van der Waals surface area contributed by atoms with Gasteiger partial charge in [-0.05, 0) is 30.7 Å². The fourth-order valence-electron chi connectivity index (χ4n) is 2.03. The van der Waals surface area contributed by atoms with Crippen LogP contribution < -0.4 is 15.4 Å². The van der Waals surface area contributed by atoms with Gasteiger partial charge in [0.1, 0.15) is 18.2 Å². The summed E-state index contributed by atoms with van der Waals surface area (Å²) in [5, 5.41) is 5.82. The molecule has 0 bridgehead atoms. The van der Waals surface area contributed by atoms with Crippen molar-refractivity contribution in [2.24, 2.45) is 5.92 Å². The first-order valence-electron chi connectivity index (χ1n) is 7.11. The number of rotatable bonds is 7. The van der Waals surface area contributed by atoms with Gasteiger partial charge < -0.3 is 20.1 Å². The van der Waals surface area contributed by atoms with Gasteiger partial charge in [-0.3, -0.25) is 0 Å². The van der Waals surface area contributed by atoms with E-state index in [0.29, 0.717) is 24.8 Å². The quantitative estimate of drug-likeness (QED) is 0.808. The van der Waals surface area contributed by atoms with Crippen LogP contribution in [0, 0.1) is 11.7 Å². The van der Waals surface area contributed by atoms with Crippen molar-refractivity contribution in [3.8, 4) is 5.75 Å². The first-order valence-corrected chi connectivity index (χ1v) is 7.11. The Morgan fingerprint density at radius 2 is 2.33 bits per heavy atom. The molecule has 0 spiro atoms. The Bertz CT molecular complexity index is 494. The predicted octanol–water partition coefficient (Wildman–Crippen LogP) is 2.06. The molecule has 1 saturated heterocycles. The molecule has 2 N–H and O–H groups in total. The summed E-state index contributed by atoms with van der Waals surface area (Å²) in [5.41, 5.74) is 0.757.